The van der Waals surface area contributed by atoms with Gasteiger partial charge in [-0.3, -0.25) is 10.1 Å². The summed E-state index contributed by atoms with van der Waals surface area (Å²) < 4.78 is 65.1. The number of benzene rings is 1. The zero-order valence-electron chi connectivity index (χ0n) is 12.9. The molecule has 0 aromatic heterocycles. The fourth-order valence-corrected chi connectivity index (χ4v) is 2.49. The van der Waals surface area contributed by atoms with Crippen molar-refractivity contribution in [3.63, 3.8) is 0 Å². The molecule has 0 amide bonds. The number of nitrogens with two attached hydrogens (primary N) is 2. The van der Waals surface area contributed by atoms with Crippen LogP contribution in [0.25, 0.3) is 0 Å². The lowest BCUT2D eigenvalue weighted by Crippen LogP contribution is -2.32. The third kappa shape index (κ3) is 5.03. The first-order valence-corrected chi connectivity index (χ1v) is 7.67. The van der Waals surface area contributed by atoms with Gasteiger partial charge in [-0.1, -0.05) is 0 Å². The highest BCUT2D eigenvalue weighted by Gasteiger charge is 2.35. The van der Waals surface area contributed by atoms with Crippen molar-refractivity contribution >= 4 is 27.6 Å². The number of nitro groups is 1. The van der Waals surface area contributed by atoms with Gasteiger partial charge < -0.3 is 16.4 Å². The highest BCUT2D eigenvalue weighted by Crippen LogP contribution is 2.35. The van der Waals surface area contributed by atoms with Gasteiger partial charge in [-0.25, -0.2) is 0 Å². The number of halogens is 3. The van der Waals surface area contributed by atoms with Gasteiger partial charge in [0, 0.05) is 20.2 Å². The lowest BCUT2D eigenvalue weighted by Gasteiger charge is -2.10. The number of hydrogen-bond donors (Lipinski definition) is 2. The van der Waals surface area contributed by atoms with Crippen LogP contribution in [-0.4, -0.2) is 44.3 Å². The number of nitrogens with zero attached hydrogens (tertiary/aromatic N) is 4. The van der Waals surface area contributed by atoms with Crippen LogP contribution in [0.1, 0.15) is 5.56 Å². The monoisotopic (exact) mass is 382 g/mol. The summed E-state index contributed by atoms with van der Waals surface area (Å²) in [6.07, 6.45) is -4.89. The van der Waals surface area contributed by atoms with Crippen LogP contribution in [0.5, 0.6) is 0 Å². The van der Waals surface area contributed by atoms with E-state index < -0.39 is 43.2 Å². The summed E-state index contributed by atoms with van der Waals surface area (Å²) in [5, 5.41) is 10.9. The van der Waals surface area contributed by atoms with Crippen molar-refractivity contribution < 1.29 is 26.5 Å². The normalized spacial score (nSPS) is 13.6. The SMILES string of the molecule is CN(C)/C(N)=N/C(N)=N/S(=O)(=O)c1ccc(C(F)(F)F)cc1[N+](=O)[O-]. The average Bonchev–Trinajstić information content (AvgIpc) is 2.44. The lowest BCUT2D eigenvalue weighted by atomic mass is 10.2. The van der Waals surface area contributed by atoms with Crippen molar-refractivity contribution in [2.24, 2.45) is 20.9 Å². The third-order valence-corrected chi connectivity index (χ3v) is 3.99. The fraction of sp³-hybridized carbons (Fsp3) is 0.273. The van der Waals surface area contributed by atoms with Crippen molar-refractivity contribution in [2.45, 2.75) is 11.1 Å². The Kier molecular flexibility index (Phi) is 5.58. The molecule has 1 aromatic rings. The summed E-state index contributed by atoms with van der Waals surface area (Å²) in [6.45, 7) is 0. The van der Waals surface area contributed by atoms with Crippen molar-refractivity contribution in [1.82, 2.24) is 4.90 Å². The summed E-state index contributed by atoms with van der Waals surface area (Å²) >= 11 is 0. The van der Waals surface area contributed by atoms with Gasteiger partial charge in [0.05, 0.1) is 10.5 Å². The first-order chi connectivity index (χ1) is 11.3. The second kappa shape index (κ2) is 6.92. The van der Waals surface area contributed by atoms with Crippen LogP contribution in [0.15, 0.2) is 32.5 Å². The maximum absolute atomic E-state index is 12.6. The fourth-order valence-electron chi connectivity index (χ4n) is 1.46. The van der Waals surface area contributed by atoms with Gasteiger partial charge in [0.15, 0.2) is 10.9 Å². The number of sulfonamides is 1. The Morgan fingerprint density at radius 1 is 1.28 bits per heavy atom. The van der Waals surface area contributed by atoms with E-state index in [9.17, 15) is 31.7 Å². The molecule has 0 aliphatic carbocycles. The number of rotatable bonds is 3. The quantitative estimate of drug-likeness (QED) is 0.333. The molecule has 10 nitrogen and oxygen atoms in total. The highest BCUT2D eigenvalue weighted by atomic mass is 32.2. The minimum absolute atomic E-state index is 0.0933. The average molecular weight is 382 g/mol. The minimum atomic E-state index is -4.89. The Labute approximate surface area is 139 Å². The molecule has 0 aliphatic rings. The highest BCUT2D eigenvalue weighted by molar-refractivity contribution is 7.90. The van der Waals surface area contributed by atoms with Crippen LogP contribution in [-0.2, 0) is 16.2 Å². The van der Waals surface area contributed by atoms with Crippen LogP contribution < -0.4 is 11.5 Å². The van der Waals surface area contributed by atoms with Crippen molar-refractivity contribution in [3.8, 4) is 0 Å². The maximum Gasteiger partial charge on any atom is 0.416 e. The second-order valence-electron chi connectivity index (χ2n) is 4.73. The Bertz CT molecular complexity index is 848. The minimum Gasteiger partial charge on any atom is -0.369 e. The molecule has 14 heteroatoms. The van der Waals surface area contributed by atoms with Gasteiger partial charge in [0.25, 0.3) is 15.7 Å². The van der Waals surface area contributed by atoms with Gasteiger partial charge in [-0.15, -0.1) is 4.40 Å². The van der Waals surface area contributed by atoms with E-state index in [-0.39, 0.29) is 12.0 Å². The van der Waals surface area contributed by atoms with Crippen LogP contribution in [0, 0.1) is 10.1 Å². The second-order valence-corrected chi connectivity index (χ2v) is 6.30. The maximum atomic E-state index is 12.6. The number of alkyl halides is 3. The molecule has 25 heavy (non-hydrogen) atoms. The molecule has 0 spiro atoms. The summed E-state index contributed by atoms with van der Waals surface area (Å²) in [5.74, 6) is -1.06. The molecule has 0 unspecified atom stereocenters. The summed E-state index contributed by atoms with van der Waals surface area (Å²) in [6, 6.07) is 0.894. The van der Waals surface area contributed by atoms with Gasteiger partial charge in [-0.05, 0) is 12.1 Å². The lowest BCUT2D eigenvalue weighted by molar-refractivity contribution is -0.388. The predicted octanol–water partition coefficient (Wildman–Crippen LogP) is 0.493. The van der Waals surface area contributed by atoms with E-state index in [2.05, 4.69) is 9.39 Å². The topological polar surface area (TPSA) is 157 Å². The van der Waals surface area contributed by atoms with Gasteiger partial charge in [-0.2, -0.15) is 26.6 Å². The molecule has 1 aromatic carbocycles. The summed E-state index contributed by atoms with van der Waals surface area (Å²) in [4.78, 5) is 13.3. The van der Waals surface area contributed by atoms with E-state index in [0.29, 0.717) is 12.1 Å². The molecule has 138 valence electrons. The molecular formula is C11H13F3N6O4S. The Balaban J connectivity index is 3.49. The first-order valence-electron chi connectivity index (χ1n) is 6.23. The molecule has 0 bridgehead atoms. The predicted molar refractivity (Wildman–Crippen MR) is 82.2 cm³/mol. The van der Waals surface area contributed by atoms with Gasteiger partial charge >= 0.3 is 6.18 Å². The van der Waals surface area contributed by atoms with E-state index in [0.717, 1.165) is 0 Å². The van der Waals surface area contributed by atoms with Gasteiger partial charge in [0.1, 0.15) is 0 Å². The van der Waals surface area contributed by atoms with E-state index in [4.69, 9.17) is 11.5 Å². The third-order valence-electron chi connectivity index (χ3n) is 2.66. The molecule has 0 atom stereocenters. The van der Waals surface area contributed by atoms with Gasteiger partial charge in [0.2, 0.25) is 5.96 Å². The first kappa shape index (κ1) is 20.1. The number of guanidine groups is 2. The molecule has 0 saturated carbocycles. The number of nitro benzene ring substituents is 1. The van der Waals surface area contributed by atoms with E-state index in [1.807, 2.05) is 0 Å². The summed E-state index contributed by atoms with van der Waals surface area (Å²) in [7, 11) is -1.85. The zero-order valence-corrected chi connectivity index (χ0v) is 13.7. The molecule has 0 aliphatic heterocycles. The van der Waals surface area contributed by atoms with E-state index in [1.165, 1.54) is 19.0 Å². The molecule has 0 radical (unpaired) electrons. The molecular weight excluding hydrogens is 369 g/mol. The van der Waals surface area contributed by atoms with Crippen LogP contribution in [0.3, 0.4) is 0 Å². The number of hydrogen-bond acceptors (Lipinski definition) is 4. The molecule has 4 N–H and O–H groups in total. The van der Waals surface area contributed by atoms with E-state index >= 15 is 0 Å². The zero-order chi connectivity index (χ0) is 19.6. The van der Waals surface area contributed by atoms with Crippen LogP contribution in [0.4, 0.5) is 18.9 Å². The Morgan fingerprint density at radius 2 is 1.84 bits per heavy atom. The molecule has 0 heterocycles. The Morgan fingerprint density at radius 3 is 2.28 bits per heavy atom. The van der Waals surface area contributed by atoms with Crippen LogP contribution >= 0.6 is 0 Å². The Hall–Kier alpha value is -2.90. The molecule has 1 rings (SSSR count). The van der Waals surface area contributed by atoms with Crippen molar-refractivity contribution in [1.29, 1.82) is 0 Å². The van der Waals surface area contributed by atoms with E-state index in [1.54, 1.807) is 0 Å². The van der Waals surface area contributed by atoms with Crippen LogP contribution in [0.2, 0.25) is 0 Å². The molecule has 0 saturated heterocycles. The smallest absolute Gasteiger partial charge is 0.369 e. The summed E-state index contributed by atoms with van der Waals surface area (Å²) in [5.41, 5.74) is 8.02. The van der Waals surface area contributed by atoms with Crippen molar-refractivity contribution in [3.05, 3.63) is 33.9 Å². The largest absolute Gasteiger partial charge is 0.416 e. The number of aliphatic imine (C=N–C) groups is 1. The van der Waals surface area contributed by atoms with Crippen molar-refractivity contribution in [2.75, 3.05) is 14.1 Å². The molecule has 0 fully saturated rings. The standard InChI is InChI=1S/C11H13F3N6O4S/c1-19(2)10(16)17-9(15)18-25(23,24)8-4-3-6(11(12,13)14)5-7(8)20(21)22/h3-5H,1-2H3,(H4,15,16,17,18).